The number of aromatic amines is 1. The molecule has 7 nitrogen and oxygen atoms in total. The fourth-order valence-corrected chi connectivity index (χ4v) is 4.52. The maximum Gasteiger partial charge on any atom is 0.416 e. The smallest absolute Gasteiger partial charge is 0.340 e. The molecule has 2 aromatic carbocycles. The quantitative estimate of drug-likeness (QED) is 0.432. The van der Waals surface area contributed by atoms with Crippen molar-refractivity contribution in [1.29, 1.82) is 0 Å². The number of pyridine rings is 1. The number of halogens is 3. The first-order valence-electron chi connectivity index (χ1n) is 11.2. The number of H-pyrrole nitrogens is 1. The Bertz CT molecular complexity index is 1430. The second-order valence-electron chi connectivity index (χ2n) is 8.44. The number of likely N-dealkylation sites (tertiary alicyclic amines) is 1. The van der Waals surface area contributed by atoms with Crippen molar-refractivity contribution < 1.29 is 18.0 Å². The van der Waals surface area contributed by atoms with Gasteiger partial charge >= 0.3 is 11.9 Å². The third-order valence-corrected chi connectivity index (χ3v) is 6.23. The van der Waals surface area contributed by atoms with E-state index in [0.29, 0.717) is 25.9 Å². The predicted octanol–water partition coefficient (Wildman–Crippen LogP) is 4.96. The number of anilines is 2. The van der Waals surface area contributed by atoms with Gasteiger partial charge in [0.1, 0.15) is 5.82 Å². The fraction of sp³-hybridized carbons (Fsp3) is 0.240. The summed E-state index contributed by atoms with van der Waals surface area (Å²) in [5, 5.41) is 2.86. The van der Waals surface area contributed by atoms with Gasteiger partial charge in [-0.1, -0.05) is 18.2 Å². The Morgan fingerprint density at radius 1 is 1.03 bits per heavy atom. The Hall–Kier alpha value is -4.08. The summed E-state index contributed by atoms with van der Waals surface area (Å²) in [7, 11) is 0. The molecule has 2 N–H and O–H groups in total. The van der Waals surface area contributed by atoms with E-state index >= 15 is 0 Å². The van der Waals surface area contributed by atoms with E-state index in [1.54, 1.807) is 21.6 Å². The van der Waals surface area contributed by atoms with Gasteiger partial charge in [-0.25, -0.2) is 9.78 Å². The van der Waals surface area contributed by atoms with Crippen LogP contribution in [0.2, 0.25) is 0 Å². The molecule has 35 heavy (non-hydrogen) atoms. The molecule has 2 aromatic heterocycles. The number of imidazole rings is 1. The average Bonchev–Trinajstić information content (AvgIpc) is 3.19. The maximum absolute atomic E-state index is 13.3. The summed E-state index contributed by atoms with van der Waals surface area (Å²) in [6.45, 7) is 0.876. The molecule has 0 bridgehead atoms. The van der Waals surface area contributed by atoms with Crippen LogP contribution in [0.3, 0.4) is 0 Å². The molecule has 5 rings (SSSR count). The Balaban J connectivity index is 1.32. The first kappa shape index (κ1) is 22.7. The van der Waals surface area contributed by atoms with E-state index in [-0.39, 0.29) is 34.7 Å². The predicted molar refractivity (Wildman–Crippen MR) is 126 cm³/mol. The van der Waals surface area contributed by atoms with Crippen LogP contribution < -0.4 is 11.0 Å². The zero-order chi connectivity index (χ0) is 24.6. The van der Waals surface area contributed by atoms with E-state index < -0.39 is 11.7 Å². The lowest BCUT2D eigenvalue weighted by atomic mass is 10.0. The second kappa shape index (κ2) is 8.94. The van der Waals surface area contributed by atoms with Gasteiger partial charge in [0.25, 0.3) is 5.91 Å². The zero-order valence-corrected chi connectivity index (χ0v) is 18.5. The Kier molecular flexibility index (Phi) is 5.80. The van der Waals surface area contributed by atoms with Gasteiger partial charge in [0, 0.05) is 31.0 Å². The van der Waals surface area contributed by atoms with E-state index in [1.807, 2.05) is 24.3 Å². The summed E-state index contributed by atoms with van der Waals surface area (Å²) in [5.74, 6) is -0.0795. The van der Waals surface area contributed by atoms with Crippen molar-refractivity contribution in [3.8, 4) is 0 Å². The Labute approximate surface area is 198 Å². The number of amides is 1. The summed E-state index contributed by atoms with van der Waals surface area (Å²) < 4.78 is 41.0. The Morgan fingerprint density at radius 2 is 1.80 bits per heavy atom. The molecule has 0 saturated carbocycles. The average molecular weight is 481 g/mol. The van der Waals surface area contributed by atoms with Crippen LogP contribution in [0.15, 0.2) is 71.7 Å². The van der Waals surface area contributed by atoms with Crippen molar-refractivity contribution in [3.05, 3.63) is 88.5 Å². The van der Waals surface area contributed by atoms with Gasteiger partial charge in [-0.3, -0.25) is 9.36 Å². The number of rotatable bonds is 4. The lowest BCUT2D eigenvalue weighted by molar-refractivity contribution is -0.137. The summed E-state index contributed by atoms with van der Waals surface area (Å²) in [4.78, 5) is 34.6. The SMILES string of the molecule is O=C(c1cccnc1Nc1cccc(C(F)(F)F)c1)N1CCC(n2c(=O)[nH]c3ccccc32)CC1. The first-order valence-corrected chi connectivity index (χ1v) is 11.2. The van der Waals surface area contributed by atoms with Crippen molar-refractivity contribution in [2.45, 2.75) is 25.1 Å². The molecule has 3 heterocycles. The number of hydrogen-bond acceptors (Lipinski definition) is 4. The van der Waals surface area contributed by atoms with E-state index in [0.717, 1.165) is 23.2 Å². The summed E-state index contributed by atoms with van der Waals surface area (Å²) in [5.41, 5.74) is 1.10. The van der Waals surface area contributed by atoms with E-state index in [1.165, 1.54) is 18.3 Å². The largest absolute Gasteiger partial charge is 0.416 e. The van der Waals surface area contributed by atoms with Crippen molar-refractivity contribution in [2.24, 2.45) is 0 Å². The second-order valence-corrected chi connectivity index (χ2v) is 8.44. The standard InChI is InChI=1S/C25H22F3N5O2/c26-25(27,28)16-5-3-6-17(15-16)30-22-19(7-4-12-29-22)23(34)32-13-10-18(11-14-32)33-21-9-2-1-8-20(21)31-24(33)35/h1-9,12,15,18H,10-11,13-14H2,(H,29,30)(H,31,35). The van der Waals surface area contributed by atoms with Crippen LogP contribution in [0.5, 0.6) is 0 Å². The lowest BCUT2D eigenvalue weighted by Crippen LogP contribution is -2.40. The highest BCUT2D eigenvalue weighted by atomic mass is 19.4. The molecule has 4 aromatic rings. The summed E-state index contributed by atoms with van der Waals surface area (Å²) >= 11 is 0. The molecule has 0 radical (unpaired) electrons. The fourth-order valence-electron chi connectivity index (χ4n) is 4.52. The van der Waals surface area contributed by atoms with Gasteiger partial charge in [-0.15, -0.1) is 0 Å². The van der Waals surface area contributed by atoms with Gasteiger partial charge < -0.3 is 15.2 Å². The van der Waals surface area contributed by atoms with E-state index in [4.69, 9.17) is 0 Å². The molecule has 1 aliphatic rings. The van der Waals surface area contributed by atoms with E-state index in [9.17, 15) is 22.8 Å². The van der Waals surface area contributed by atoms with Crippen molar-refractivity contribution in [3.63, 3.8) is 0 Å². The van der Waals surface area contributed by atoms with Gasteiger partial charge in [0.05, 0.1) is 22.2 Å². The third kappa shape index (κ3) is 4.51. The highest BCUT2D eigenvalue weighted by Crippen LogP contribution is 2.32. The van der Waals surface area contributed by atoms with Crippen LogP contribution in [0.1, 0.15) is 34.8 Å². The highest BCUT2D eigenvalue weighted by Gasteiger charge is 2.31. The molecule has 1 aliphatic heterocycles. The number of para-hydroxylation sites is 2. The minimum absolute atomic E-state index is 0.0423. The highest BCUT2D eigenvalue weighted by molar-refractivity contribution is 5.99. The lowest BCUT2D eigenvalue weighted by Gasteiger charge is -2.33. The van der Waals surface area contributed by atoms with Gasteiger partial charge in [-0.2, -0.15) is 13.2 Å². The molecular weight excluding hydrogens is 459 g/mol. The van der Waals surface area contributed by atoms with Gasteiger partial charge in [0.15, 0.2) is 0 Å². The van der Waals surface area contributed by atoms with Crippen molar-refractivity contribution in [2.75, 3.05) is 18.4 Å². The minimum Gasteiger partial charge on any atom is -0.340 e. The van der Waals surface area contributed by atoms with E-state index in [2.05, 4.69) is 15.3 Å². The number of carbonyl (C=O) groups is 1. The van der Waals surface area contributed by atoms with Crippen LogP contribution in [0, 0.1) is 0 Å². The minimum atomic E-state index is -4.47. The summed E-state index contributed by atoms with van der Waals surface area (Å²) in [6.07, 6.45) is -1.80. The monoisotopic (exact) mass is 481 g/mol. The van der Waals surface area contributed by atoms with Gasteiger partial charge in [-0.05, 0) is 55.3 Å². The zero-order valence-electron chi connectivity index (χ0n) is 18.5. The van der Waals surface area contributed by atoms with Crippen LogP contribution >= 0.6 is 0 Å². The molecule has 0 unspecified atom stereocenters. The maximum atomic E-state index is 13.3. The van der Waals surface area contributed by atoms with Crippen molar-refractivity contribution >= 4 is 28.4 Å². The molecule has 0 atom stereocenters. The van der Waals surface area contributed by atoms with Gasteiger partial charge in [0.2, 0.25) is 0 Å². The number of nitrogens with zero attached hydrogens (tertiary/aromatic N) is 3. The summed E-state index contributed by atoms with van der Waals surface area (Å²) in [6, 6.07) is 15.4. The molecule has 10 heteroatoms. The van der Waals surface area contributed by atoms with Crippen molar-refractivity contribution in [1.82, 2.24) is 19.4 Å². The normalized spacial score (nSPS) is 14.9. The molecule has 0 spiro atoms. The number of carbonyl (C=O) groups excluding carboxylic acids is 1. The Morgan fingerprint density at radius 3 is 2.57 bits per heavy atom. The third-order valence-electron chi connectivity index (χ3n) is 6.23. The number of benzene rings is 2. The molecule has 1 amide bonds. The van der Waals surface area contributed by atoms with Crippen LogP contribution in [-0.2, 0) is 6.18 Å². The topological polar surface area (TPSA) is 83.0 Å². The van der Waals surface area contributed by atoms with Crippen LogP contribution in [-0.4, -0.2) is 38.4 Å². The number of piperidine rings is 1. The number of nitrogens with one attached hydrogen (secondary N) is 2. The molecular formula is C25H22F3N5O2. The number of aromatic nitrogens is 3. The van der Waals surface area contributed by atoms with Crippen LogP contribution in [0.25, 0.3) is 11.0 Å². The molecule has 1 saturated heterocycles. The number of hydrogen-bond donors (Lipinski definition) is 2. The number of fused-ring (bicyclic) bond motifs is 1. The molecule has 180 valence electrons. The first-order chi connectivity index (χ1) is 16.8. The van der Waals surface area contributed by atoms with Crippen LogP contribution in [0.4, 0.5) is 24.7 Å². The molecule has 0 aliphatic carbocycles. The number of alkyl halides is 3. The molecule has 1 fully saturated rings.